The number of hydrogen-bond donors (Lipinski definition) is 2. The van der Waals surface area contributed by atoms with E-state index in [1.807, 2.05) is 0 Å². The minimum atomic E-state index is -0.609. The molecule has 28 heavy (non-hydrogen) atoms. The van der Waals surface area contributed by atoms with Crippen LogP contribution in [0.1, 0.15) is 22.3 Å². The highest BCUT2D eigenvalue weighted by atomic mass is 16.1. The van der Waals surface area contributed by atoms with E-state index in [1.54, 1.807) is 0 Å². The van der Waals surface area contributed by atoms with Crippen molar-refractivity contribution in [3.8, 4) is 0 Å². The SMILES string of the molecule is Cc1cccc(CN2CCN(CCc3ccc(CC(N)C(N)=O)cc3)CC2)c1. The number of hydrogen-bond acceptors (Lipinski definition) is 4. The summed E-state index contributed by atoms with van der Waals surface area (Å²) in [5.41, 5.74) is 16.1. The Kier molecular flexibility index (Phi) is 7.20. The number of benzene rings is 2. The monoisotopic (exact) mass is 380 g/mol. The Morgan fingerprint density at radius 1 is 0.964 bits per heavy atom. The van der Waals surface area contributed by atoms with Gasteiger partial charge < -0.3 is 16.4 Å². The Hall–Kier alpha value is -2.21. The molecule has 1 aliphatic heterocycles. The molecule has 4 N–H and O–H groups in total. The number of piperazine rings is 1. The van der Waals surface area contributed by atoms with Crippen LogP contribution in [0.2, 0.25) is 0 Å². The molecule has 1 heterocycles. The Balaban J connectivity index is 1.40. The second-order valence-electron chi connectivity index (χ2n) is 7.89. The van der Waals surface area contributed by atoms with E-state index in [9.17, 15) is 4.79 Å². The van der Waals surface area contributed by atoms with E-state index in [0.29, 0.717) is 6.42 Å². The molecule has 2 aromatic carbocycles. The number of carbonyl (C=O) groups is 1. The van der Waals surface area contributed by atoms with Crippen LogP contribution in [0.4, 0.5) is 0 Å². The van der Waals surface area contributed by atoms with Gasteiger partial charge in [0.25, 0.3) is 0 Å². The molecule has 3 rings (SSSR count). The highest BCUT2D eigenvalue weighted by Crippen LogP contribution is 2.12. The molecule has 1 aliphatic rings. The number of nitrogens with zero attached hydrogens (tertiary/aromatic N) is 2. The first kappa shape index (κ1) is 20.5. The summed E-state index contributed by atoms with van der Waals surface area (Å²) in [5, 5.41) is 0. The van der Waals surface area contributed by atoms with Crippen LogP contribution in [-0.2, 0) is 24.2 Å². The predicted molar refractivity (Wildman–Crippen MR) is 114 cm³/mol. The van der Waals surface area contributed by atoms with Crippen molar-refractivity contribution in [3.05, 3.63) is 70.8 Å². The third-order valence-electron chi connectivity index (χ3n) is 5.51. The lowest BCUT2D eigenvalue weighted by Crippen LogP contribution is -2.46. The molecule has 1 saturated heterocycles. The van der Waals surface area contributed by atoms with E-state index < -0.39 is 11.9 Å². The summed E-state index contributed by atoms with van der Waals surface area (Å²) in [5.74, 6) is -0.453. The van der Waals surface area contributed by atoms with Crippen LogP contribution in [0, 0.1) is 6.92 Å². The van der Waals surface area contributed by atoms with Crippen LogP contribution in [0.5, 0.6) is 0 Å². The predicted octanol–water partition coefficient (Wildman–Crippen LogP) is 1.71. The van der Waals surface area contributed by atoms with E-state index in [4.69, 9.17) is 11.5 Å². The Bertz CT molecular complexity index is 766. The Morgan fingerprint density at radius 2 is 1.61 bits per heavy atom. The van der Waals surface area contributed by atoms with Gasteiger partial charge in [0.15, 0.2) is 0 Å². The van der Waals surface area contributed by atoms with Crippen molar-refractivity contribution in [2.45, 2.75) is 32.4 Å². The molecule has 0 aliphatic carbocycles. The maximum atomic E-state index is 11.1. The standard InChI is InChI=1S/C23H32N4O/c1-18-3-2-4-21(15-18)17-27-13-11-26(12-14-27)10-9-19-5-7-20(8-6-19)16-22(24)23(25)28/h2-8,15,22H,9-14,16-17,24H2,1H3,(H2,25,28). The molecule has 1 unspecified atom stereocenters. The Morgan fingerprint density at radius 3 is 2.25 bits per heavy atom. The van der Waals surface area contributed by atoms with Gasteiger partial charge in [-0.05, 0) is 36.5 Å². The van der Waals surface area contributed by atoms with Crippen LogP contribution in [-0.4, -0.2) is 54.5 Å². The summed E-state index contributed by atoms with van der Waals surface area (Å²) < 4.78 is 0. The van der Waals surface area contributed by atoms with Gasteiger partial charge in [-0.2, -0.15) is 0 Å². The van der Waals surface area contributed by atoms with Crippen molar-refractivity contribution in [3.63, 3.8) is 0 Å². The third kappa shape index (κ3) is 6.16. The molecule has 5 nitrogen and oxygen atoms in total. The zero-order chi connectivity index (χ0) is 19.9. The zero-order valence-electron chi connectivity index (χ0n) is 16.8. The van der Waals surface area contributed by atoms with Gasteiger partial charge >= 0.3 is 0 Å². The fraction of sp³-hybridized carbons (Fsp3) is 0.435. The lowest BCUT2D eigenvalue weighted by molar-refractivity contribution is -0.119. The summed E-state index contributed by atoms with van der Waals surface area (Å²) in [4.78, 5) is 16.2. The minimum Gasteiger partial charge on any atom is -0.368 e. The van der Waals surface area contributed by atoms with Gasteiger partial charge in [-0.1, -0.05) is 54.1 Å². The van der Waals surface area contributed by atoms with Gasteiger partial charge in [-0.25, -0.2) is 0 Å². The van der Waals surface area contributed by atoms with Crippen molar-refractivity contribution in [2.75, 3.05) is 32.7 Å². The number of aryl methyl sites for hydroxylation is 1. The van der Waals surface area contributed by atoms with Gasteiger partial charge in [0, 0.05) is 39.3 Å². The summed E-state index contributed by atoms with van der Waals surface area (Å²) in [6.07, 6.45) is 1.54. The summed E-state index contributed by atoms with van der Waals surface area (Å²) >= 11 is 0. The number of primary amides is 1. The van der Waals surface area contributed by atoms with Crippen molar-refractivity contribution in [1.29, 1.82) is 0 Å². The number of amides is 1. The molecule has 1 fully saturated rings. The first-order valence-electron chi connectivity index (χ1n) is 10.1. The summed E-state index contributed by atoms with van der Waals surface area (Å²) in [7, 11) is 0. The van der Waals surface area contributed by atoms with Gasteiger partial charge in [-0.3, -0.25) is 9.69 Å². The van der Waals surface area contributed by atoms with Crippen molar-refractivity contribution in [1.82, 2.24) is 9.80 Å². The largest absolute Gasteiger partial charge is 0.368 e. The first-order chi connectivity index (χ1) is 13.5. The molecule has 0 saturated carbocycles. The van der Waals surface area contributed by atoms with Crippen molar-refractivity contribution in [2.24, 2.45) is 11.5 Å². The van der Waals surface area contributed by atoms with Crippen LogP contribution in [0.25, 0.3) is 0 Å². The average Bonchev–Trinajstić information content (AvgIpc) is 2.68. The second kappa shape index (κ2) is 9.82. The smallest absolute Gasteiger partial charge is 0.234 e. The number of rotatable bonds is 8. The fourth-order valence-electron chi connectivity index (χ4n) is 3.72. The topological polar surface area (TPSA) is 75.6 Å². The molecule has 150 valence electrons. The van der Waals surface area contributed by atoms with Crippen molar-refractivity contribution >= 4 is 5.91 Å². The van der Waals surface area contributed by atoms with Gasteiger partial charge in [0.2, 0.25) is 5.91 Å². The second-order valence-corrected chi connectivity index (χ2v) is 7.89. The quantitative estimate of drug-likeness (QED) is 0.731. The lowest BCUT2D eigenvalue weighted by atomic mass is 10.0. The molecular formula is C23H32N4O. The van der Waals surface area contributed by atoms with E-state index in [0.717, 1.165) is 51.3 Å². The maximum Gasteiger partial charge on any atom is 0.234 e. The lowest BCUT2D eigenvalue weighted by Gasteiger charge is -2.34. The van der Waals surface area contributed by atoms with Crippen molar-refractivity contribution < 1.29 is 4.79 Å². The number of carbonyl (C=O) groups excluding carboxylic acids is 1. The van der Waals surface area contributed by atoms with E-state index in [-0.39, 0.29) is 0 Å². The first-order valence-corrected chi connectivity index (χ1v) is 10.1. The van der Waals surface area contributed by atoms with Crippen LogP contribution < -0.4 is 11.5 Å². The third-order valence-corrected chi connectivity index (χ3v) is 5.51. The fourth-order valence-corrected chi connectivity index (χ4v) is 3.72. The molecule has 2 aromatic rings. The van der Waals surface area contributed by atoms with E-state index in [1.165, 1.54) is 16.7 Å². The zero-order valence-corrected chi connectivity index (χ0v) is 16.8. The number of nitrogens with two attached hydrogens (primary N) is 2. The highest BCUT2D eigenvalue weighted by Gasteiger charge is 2.17. The van der Waals surface area contributed by atoms with E-state index in [2.05, 4.69) is 65.3 Å². The van der Waals surface area contributed by atoms with Crippen LogP contribution >= 0.6 is 0 Å². The van der Waals surface area contributed by atoms with Gasteiger partial charge in [0.1, 0.15) is 0 Å². The van der Waals surface area contributed by atoms with Crippen LogP contribution in [0.3, 0.4) is 0 Å². The van der Waals surface area contributed by atoms with Gasteiger partial charge in [0.05, 0.1) is 6.04 Å². The highest BCUT2D eigenvalue weighted by molar-refractivity contribution is 5.79. The van der Waals surface area contributed by atoms with Gasteiger partial charge in [-0.15, -0.1) is 0 Å². The summed E-state index contributed by atoms with van der Waals surface area (Å²) in [6.45, 7) is 8.77. The minimum absolute atomic E-state index is 0.453. The summed E-state index contributed by atoms with van der Waals surface area (Å²) in [6, 6.07) is 16.6. The molecule has 1 atom stereocenters. The van der Waals surface area contributed by atoms with E-state index >= 15 is 0 Å². The molecule has 5 heteroatoms. The maximum absolute atomic E-state index is 11.1. The molecule has 0 aromatic heterocycles. The molecule has 1 amide bonds. The molecule has 0 radical (unpaired) electrons. The molecule has 0 spiro atoms. The van der Waals surface area contributed by atoms with Crippen LogP contribution in [0.15, 0.2) is 48.5 Å². The Labute approximate surface area is 168 Å². The molecular weight excluding hydrogens is 348 g/mol. The average molecular weight is 381 g/mol. The normalized spacial score (nSPS) is 16.8. The molecule has 0 bridgehead atoms.